The number of nitrogen functional groups attached to an aromatic ring is 1. The first-order chi connectivity index (χ1) is 8.63. The molecular formula is C14H21N3O. The average Bonchev–Trinajstić information content (AvgIpc) is 2.90. The molecule has 0 atom stereocenters. The van der Waals surface area contributed by atoms with Crippen LogP contribution in [0.3, 0.4) is 0 Å². The number of hydrogen-bond acceptors (Lipinski definition) is 3. The van der Waals surface area contributed by atoms with Crippen LogP contribution in [0.4, 0.5) is 11.4 Å². The molecule has 0 heterocycles. The molecule has 1 amide bonds. The number of anilines is 2. The molecule has 0 spiro atoms. The Morgan fingerprint density at radius 3 is 2.67 bits per heavy atom. The summed E-state index contributed by atoms with van der Waals surface area (Å²) in [5, 5.41) is 2.68. The molecule has 1 saturated carbocycles. The molecule has 2 rings (SSSR count). The monoisotopic (exact) mass is 247 g/mol. The number of hydrogen-bond donors (Lipinski definition) is 2. The summed E-state index contributed by atoms with van der Waals surface area (Å²) in [5.74, 6) is -0.0603. The van der Waals surface area contributed by atoms with Crippen molar-refractivity contribution < 1.29 is 4.79 Å². The molecule has 1 fully saturated rings. The lowest BCUT2D eigenvalue weighted by molar-refractivity contribution is 0.0963. The summed E-state index contributed by atoms with van der Waals surface area (Å²) in [6.45, 7) is 0. The van der Waals surface area contributed by atoms with Crippen LogP contribution in [0, 0.1) is 0 Å². The van der Waals surface area contributed by atoms with Gasteiger partial charge in [0, 0.05) is 25.8 Å². The van der Waals surface area contributed by atoms with E-state index in [2.05, 4.69) is 17.3 Å². The van der Waals surface area contributed by atoms with E-state index >= 15 is 0 Å². The van der Waals surface area contributed by atoms with Gasteiger partial charge in [0.2, 0.25) is 0 Å². The first-order valence-corrected chi connectivity index (χ1v) is 6.48. The Kier molecular flexibility index (Phi) is 3.75. The maximum absolute atomic E-state index is 11.9. The number of nitrogens with one attached hydrogen (secondary N) is 1. The van der Waals surface area contributed by atoms with Crippen LogP contribution in [0.15, 0.2) is 18.2 Å². The molecule has 1 aromatic rings. The van der Waals surface area contributed by atoms with Gasteiger partial charge in [-0.25, -0.2) is 0 Å². The van der Waals surface area contributed by atoms with Crippen molar-refractivity contribution in [2.24, 2.45) is 0 Å². The third kappa shape index (κ3) is 2.42. The number of benzene rings is 1. The number of rotatable bonds is 3. The van der Waals surface area contributed by atoms with Gasteiger partial charge in [-0.2, -0.15) is 0 Å². The first-order valence-electron chi connectivity index (χ1n) is 6.48. The summed E-state index contributed by atoms with van der Waals surface area (Å²) < 4.78 is 0. The van der Waals surface area contributed by atoms with E-state index in [0.717, 1.165) is 5.69 Å². The topological polar surface area (TPSA) is 58.4 Å². The van der Waals surface area contributed by atoms with Gasteiger partial charge in [-0.1, -0.05) is 12.8 Å². The second kappa shape index (κ2) is 5.29. The molecule has 4 nitrogen and oxygen atoms in total. The summed E-state index contributed by atoms with van der Waals surface area (Å²) in [4.78, 5) is 14.1. The Bertz CT molecular complexity index is 439. The SMILES string of the molecule is CNC(=O)c1ccc(N)cc1N(C)C1CCCC1. The average molecular weight is 247 g/mol. The molecule has 0 bridgehead atoms. The van der Waals surface area contributed by atoms with E-state index in [-0.39, 0.29) is 5.91 Å². The highest BCUT2D eigenvalue weighted by Crippen LogP contribution is 2.30. The van der Waals surface area contributed by atoms with E-state index in [1.54, 1.807) is 19.2 Å². The molecule has 0 radical (unpaired) electrons. The van der Waals surface area contributed by atoms with Gasteiger partial charge in [-0.3, -0.25) is 4.79 Å². The minimum Gasteiger partial charge on any atom is -0.399 e. The van der Waals surface area contributed by atoms with Crippen molar-refractivity contribution in [2.45, 2.75) is 31.7 Å². The zero-order valence-electron chi connectivity index (χ0n) is 11.1. The van der Waals surface area contributed by atoms with E-state index < -0.39 is 0 Å². The van der Waals surface area contributed by atoms with E-state index in [9.17, 15) is 4.79 Å². The number of nitrogens with zero attached hydrogens (tertiary/aromatic N) is 1. The highest BCUT2D eigenvalue weighted by molar-refractivity contribution is 6.00. The molecule has 0 aliphatic heterocycles. The predicted octanol–water partition coefficient (Wildman–Crippen LogP) is 2.01. The predicted molar refractivity (Wildman–Crippen MR) is 74.9 cm³/mol. The third-order valence-electron chi connectivity index (χ3n) is 3.75. The Balaban J connectivity index is 2.34. The number of nitrogens with two attached hydrogens (primary N) is 1. The fourth-order valence-electron chi connectivity index (χ4n) is 2.66. The lowest BCUT2D eigenvalue weighted by atomic mass is 10.1. The van der Waals surface area contributed by atoms with Gasteiger partial charge in [0.05, 0.1) is 11.3 Å². The van der Waals surface area contributed by atoms with Crippen LogP contribution in [-0.2, 0) is 0 Å². The molecule has 4 heteroatoms. The van der Waals surface area contributed by atoms with E-state index in [4.69, 9.17) is 5.73 Å². The first kappa shape index (κ1) is 12.7. The Labute approximate surface area is 108 Å². The minimum absolute atomic E-state index is 0.0603. The van der Waals surface area contributed by atoms with Gasteiger partial charge in [0.15, 0.2) is 0 Å². The van der Waals surface area contributed by atoms with Gasteiger partial charge in [0.25, 0.3) is 5.91 Å². The summed E-state index contributed by atoms with van der Waals surface area (Å²) in [6, 6.07) is 5.99. The molecule has 98 valence electrons. The second-order valence-corrected chi connectivity index (χ2v) is 4.90. The van der Waals surface area contributed by atoms with Gasteiger partial charge in [0.1, 0.15) is 0 Å². The quantitative estimate of drug-likeness (QED) is 0.803. The highest BCUT2D eigenvalue weighted by atomic mass is 16.1. The maximum Gasteiger partial charge on any atom is 0.253 e. The smallest absolute Gasteiger partial charge is 0.253 e. The second-order valence-electron chi connectivity index (χ2n) is 4.90. The highest BCUT2D eigenvalue weighted by Gasteiger charge is 2.23. The molecule has 18 heavy (non-hydrogen) atoms. The Morgan fingerprint density at radius 2 is 2.06 bits per heavy atom. The van der Waals surface area contributed by atoms with Gasteiger partial charge in [-0.05, 0) is 31.0 Å². The fourth-order valence-corrected chi connectivity index (χ4v) is 2.66. The van der Waals surface area contributed by atoms with Crippen LogP contribution in [0.5, 0.6) is 0 Å². The van der Waals surface area contributed by atoms with E-state index in [0.29, 0.717) is 17.3 Å². The van der Waals surface area contributed by atoms with Crippen LogP contribution in [0.2, 0.25) is 0 Å². The normalized spacial score (nSPS) is 15.7. The molecule has 1 aliphatic carbocycles. The summed E-state index contributed by atoms with van der Waals surface area (Å²) in [6.07, 6.45) is 4.93. The third-order valence-corrected chi connectivity index (χ3v) is 3.75. The molecule has 0 unspecified atom stereocenters. The minimum atomic E-state index is -0.0603. The van der Waals surface area contributed by atoms with E-state index in [1.165, 1.54) is 25.7 Å². The summed E-state index contributed by atoms with van der Waals surface area (Å²) in [5.41, 5.74) is 8.17. The summed E-state index contributed by atoms with van der Waals surface area (Å²) in [7, 11) is 3.70. The van der Waals surface area contributed by atoms with Gasteiger partial charge >= 0.3 is 0 Å². The zero-order chi connectivity index (χ0) is 13.1. The van der Waals surface area contributed by atoms with Crippen LogP contribution in [0.25, 0.3) is 0 Å². The van der Waals surface area contributed by atoms with Crippen molar-refractivity contribution in [1.29, 1.82) is 0 Å². The van der Waals surface area contributed by atoms with Crippen LogP contribution >= 0.6 is 0 Å². The van der Waals surface area contributed by atoms with Crippen molar-refractivity contribution in [3.05, 3.63) is 23.8 Å². The molecule has 1 aromatic carbocycles. The zero-order valence-corrected chi connectivity index (χ0v) is 11.1. The van der Waals surface area contributed by atoms with Crippen molar-refractivity contribution in [1.82, 2.24) is 5.32 Å². The van der Waals surface area contributed by atoms with Crippen LogP contribution in [-0.4, -0.2) is 26.0 Å². The van der Waals surface area contributed by atoms with Gasteiger partial charge < -0.3 is 16.0 Å². The molecule has 0 aromatic heterocycles. The van der Waals surface area contributed by atoms with Crippen molar-refractivity contribution in [2.75, 3.05) is 24.7 Å². The summed E-state index contributed by atoms with van der Waals surface area (Å²) >= 11 is 0. The molecular weight excluding hydrogens is 226 g/mol. The lowest BCUT2D eigenvalue weighted by Gasteiger charge is -2.28. The van der Waals surface area contributed by atoms with Gasteiger partial charge in [-0.15, -0.1) is 0 Å². The van der Waals surface area contributed by atoms with Crippen molar-refractivity contribution >= 4 is 17.3 Å². The molecule has 0 saturated heterocycles. The van der Waals surface area contributed by atoms with Crippen molar-refractivity contribution in [3.63, 3.8) is 0 Å². The standard InChI is InChI=1S/C14H21N3O/c1-16-14(18)12-8-7-10(15)9-13(12)17(2)11-5-3-4-6-11/h7-9,11H,3-6,15H2,1-2H3,(H,16,18). The number of carbonyl (C=O) groups is 1. The van der Waals surface area contributed by atoms with E-state index in [1.807, 2.05) is 6.07 Å². The lowest BCUT2D eigenvalue weighted by Crippen LogP contribution is -2.31. The number of carbonyl (C=O) groups excluding carboxylic acids is 1. The maximum atomic E-state index is 11.9. The largest absolute Gasteiger partial charge is 0.399 e. The Hall–Kier alpha value is -1.71. The molecule has 3 N–H and O–H groups in total. The fraction of sp³-hybridized carbons (Fsp3) is 0.500. The van der Waals surface area contributed by atoms with Crippen molar-refractivity contribution in [3.8, 4) is 0 Å². The Morgan fingerprint density at radius 1 is 1.39 bits per heavy atom. The van der Waals surface area contributed by atoms with Crippen LogP contribution in [0.1, 0.15) is 36.0 Å². The molecule has 1 aliphatic rings. The van der Waals surface area contributed by atoms with Crippen LogP contribution < -0.4 is 16.0 Å². The number of amides is 1.